The standard InChI is InChI=1S/C19H34O3.C17H30O2/c1-13(14(2)22-20-10)19(9)11-15(17(3,4)5)21-16(12-19)18(6,7)8;1-16(2,3)14-11-13(9-8-10-18-7)12-15(19-14)17(4,5)6/h11-14H,1-10H3;11-13H,8-10H2,1-7H3. The largest absolute Gasteiger partial charge is 0.466 e. The van der Waals surface area contributed by atoms with Crippen LogP contribution in [0.4, 0.5) is 0 Å². The van der Waals surface area contributed by atoms with E-state index in [0.717, 1.165) is 42.5 Å². The van der Waals surface area contributed by atoms with Gasteiger partial charge in [0, 0.05) is 46.7 Å². The zero-order chi connectivity index (χ0) is 32.0. The third-order valence-corrected chi connectivity index (χ3v) is 7.83. The minimum Gasteiger partial charge on any atom is -0.466 e. The zero-order valence-electron chi connectivity index (χ0n) is 29.7. The molecule has 2 atom stereocenters. The maximum Gasteiger partial charge on any atom is 0.106 e. The fourth-order valence-corrected chi connectivity index (χ4v) is 4.59. The van der Waals surface area contributed by atoms with E-state index in [2.05, 4.69) is 121 Å². The Morgan fingerprint density at radius 2 is 1.10 bits per heavy atom. The normalized spacial score (nSPS) is 19.8. The minimum absolute atomic E-state index is 0.0111. The molecular weight excluding hydrogens is 512 g/mol. The van der Waals surface area contributed by atoms with E-state index in [1.807, 2.05) is 6.92 Å². The van der Waals surface area contributed by atoms with Gasteiger partial charge in [0.2, 0.25) is 0 Å². The van der Waals surface area contributed by atoms with Gasteiger partial charge >= 0.3 is 0 Å². The molecule has 238 valence electrons. The summed E-state index contributed by atoms with van der Waals surface area (Å²) in [6, 6.07) is 0. The van der Waals surface area contributed by atoms with Gasteiger partial charge in [-0.25, -0.2) is 9.78 Å². The molecule has 2 rings (SSSR count). The molecule has 41 heavy (non-hydrogen) atoms. The highest BCUT2D eigenvalue weighted by atomic mass is 17.2. The number of allylic oxidation sites excluding steroid dienone is 8. The number of methoxy groups -OCH3 is 1. The van der Waals surface area contributed by atoms with Crippen LogP contribution in [0, 0.1) is 38.9 Å². The highest BCUT2D eigenvalue weighted by molar-refractivity contribution is 5.27. The SMILES string of the molecule is COCCCC1C=C(C(C)(C)C)OC(C(C)(C)C)=C1.COOC(C)C(C)C1(C)C=C(C(C)(C)C)OC(C(C)(C)C)=C1. The van der Waals surface area contributed by atoms with Crippen LogP contribution in [0.25, 0.3) is 0 Å². The predicted octanol–water partition coefficient (Wildman–Crippen LogP) is 10.4. The molecule has 0 aromatic heterocycles. The summed E-state index contributed by atoms with van der Waals surface area (Å²) in [6.45, 7) is 33.7. The van der Waals surface area contributed by atoms with Gasteiger partial charge in [0.25, 0.3) is 0 Å². The Bertz CT molecular complexity index is 894. The molecule has 0 fully saturated rings. The minimum atomic E-state index is -0.137. The van der Waals surface area contributed by atoms with Crippen LogP contribution in [0.5, 0.6) is 0 Å². The van der Waals surface area contributed by atoms with Crippen molar-refractivity contribution in [1.82, 2.24) is 0 Å². The van der Waals surface area contributed by atoms with Crippen LogP contribution in [0.15, 0.2) is 47.3 Å². The maximum absolute atomic E-state index is 6.25. The summed E-state index contributed by atoms with van der Waals surface area (Å²) in [7, 11) is 3.32. The number of rotatable bonds is 8. The molecule has 0 saturated carbocycles. The molecule has 2 unspecified atom stereocenters. The van der Waals surface area contributed by atoms with Crippen molar-refractivity contribution in [1.29, 1.82) is 0 Å². The molecule has 2 heterocycles. The molecule has 0 radical (unpaired) electrons. The van der Waals surface area contributed by atoms with Crippen molar-refractivity contribution >= 4 is 0 Å². The van der Waals surface area contributed by atoms with Gasteiger partial charge in [-0.1, -0.05) is 96.9 Å². The van der Waals surface area contributed by atoms with Crippen molar-refractivity contribution in [2.24, 2.45) is 38.9 Å². The Morgan fingerprint density at radius 1 is 0.707 bits per heavy atom. The quantitative estimate of drug-likeness (QED) is 0.163. The summed E-state index contributed by atoms with van der Waals surface area (Å²) in [6.07, 6.45) is 11.3. The van der Waals surface area contributed by atoms with E-state index < -0.39 is 0 Å². The van der Waals surface area contributed by atoms with E-state index in [1.54, 1.807) is 14.2 Å². The first-order chi connectivity index (χ1) is 18.5. The average Bonchev–Trinajstić information content (AvgIpc) is 2.81. The first kappa shape index (κ1) is 37.5. The van der Waals surface area contributed by atoms with E-state index in [0.29, 0.717) is 5.92 Å². The van der Waals surface area contributed by atoms with Crippen LogP contribution in [0.1, 0.15) is 117 Å². The average molecular weight is 577 g/mol. The van der Waals surface area contributed by atoms with Crippen molar-refractivity contribution < 1.29 is 24.0 Å². The summed E-state index contributed by atoms with van der Waals surface area (Å²) >= 11 is 0. The fraction of sp³-hybridized carbons (Fsp3) is 0.778. The second-order valence-corrected chi connectivity index (χ2v) is 16.2. The molecule has 0 aliphatic carbocycles. The Labute approximate surface area is 253 Å². The van der Waals surface area contributed by atoms with E-state index in [4.69, 9.17) is 24.0 Å². The Hall–Kier alpha value is -1.56. The topological polar surface area (TPSA) is 46.2 Å². The summed E-state index contributed by atoms with van der Waals surface area (Å²) in [5.41, 5.74) is -0.0792. The van der Waals surface area contributed by atoms with Gasteiger partial charge in [-0.3, -0.25) is 0 Å². The van der Waals surface area contributed by atoms with E-state index in [9.17, 15) is 0 Å². The lowest BCUT2D eigenvalue weighted by Crippen LogP contribution is -2.36. The van der Waals surface area contributed by atoms with E-state index in [1.165, 1.54) is 0 Å². The molecule has 2 aliphatic rings. The Balaban J connectivity index is 0.000000414. The molecular formula is C36H64O5. The van der Waals surface area contributed by atoms with Gasteiger partial charge in [-0.05, 0) is 50.0 Å². The molecule has 0 spiro atoms. The fourth-order valence-electron chi connectivity index (χ4n) is 4.59. The first-order valence-corrected chi connectivity index (χ1v) is 15.4. The van der Waals surface area contributed by atoms with Gasteiger partial charge in [0.15, 0.2) is 0 Å². The third-order valence-electron chi connectivity index (χ3n) is 7.83. The third kappa shape index (κ3) is 11.6. The van der Waals surface area contributed by atoms with Crippen molar-refractivity contribution in [3.63, 3.8) is 0 Å². The lowest BCUT2D eigenvalue weighted by atomic mass is 9.70. The number of hydrogen-bond donors (Lipinski definition) is 0. The molecule has 0 saturated heterocycles. The van der Waals surface area contributed by atoms with Gasteiger partial charge in [0.1, 0.15) is 23.0 Å². The van der Waals surface area contributed by atoms with Crippen LogP contribution in [-0.4, -0.2) is 26.9 Å². The predicted molar refractivity (Wildman–Crippen MR) is 172 cm³/mol. The van der Waals surface area contributed by atoms with Crippen LogP contribution < -0.4 is 0 Å². The molecule has 0 N–H and O–H groups in total. The molecule has 0 bridgehead atoms. The lowest BCUT2D eigenvalue weighted by molar-refractivity contribution is -0.313. The van der Waals surface area contributed by atoms with Crippen molar-refractivity contribution in [2.45, 2.75) is 123 Å². The molecule has 0 aromatic rings. The lowest BCUT2D eigenvalue weighted by Gasteiger charge is -2.42. The Morgan fingerprint density at radius 3 is 1.44 bits per heavy atom. The monoisotopic (exact) mass is 576 g/mol. The molecule has 2 aliphatic heterocycles. The van der Waals surface area contributed by atoms with E-state index in [-0.39, 0.29) is 39.1 Å². The van der Waals surface area contributed by atoms with Crippen LogP contribution in [0.2, 0.25) is 0 Å². The summed E-state index contributed by atoms with van der Waals surface area (Å²) in [5.74, 6) is 4.97. The highest BCUT2D eigenvalue weighted by Gasteiger charge is 2.40. The molecule has 5 nitrogen and oxygen atoms in total. The van der Waals surface area contributed by atoms with E-state index >= 15 is 0 Å². The van der Waals surface area contributed by atoms with Crippen molar-refractivity contribution in [2.75, 3.05) is 20.8 Å². The van der Waals surface area contributed by atoms with Crippen LogP contribution in [0.3, 0.4) is 0 Å². The highest BCUT2D eigenvalue weighted by Crippen LogP contribution is 2.47. The summed E-state index contributed by atoms with van der Waals surface area (Å²) in [5, 5.41) is 0. The molecule has 0 aromatic carbocycles. The summed E-state index contributed by atoms with van der Waals surface area (Å²) in [4.78, 5) is 10.2. The number of ether oxygens (including phenoxy) is 3. The van der Waals surface area contributed by atoms with Crippen LogP contribution in [-0.2, 0) is 24.0 Å². The van der Waals surface area contributed by atoms with Crippen molar-refractivity contribution in [3.8, 4) is 0 Å². The molecule has 0 amide bonds. The second-order valence-electron chi connectivity index (χ2n) is 16.2. The smallest absolute Gasteiger partial charge is 0.106 e. The van der Waals surface area contributed by atoms with Crippen molar-refractivity contribution in [3.05, 3.63) is 47.3 Å². The summed E-state index contributed by atoms with van der Waals surface area (Å²) < 4.78 is 17.5. The second kappa shape index (κ2) is 14.3. The zero-order valence-corrected chi connectivity index (χ0v) is 29.7. The maximum atomic E-state index is 6.25. The van der Waals surface area contributed by atoms with Gasteiger partial charge in [-0.15, -0.1) is 0 Å². The van der Waals surface area contributed by atoms with Crippen LogP contribution >= 0.6 is 0 Å². The molecule has 5 heteroatoms. The van der Waals surface area contributed by atoms with Gasteiger partial charge in [0.05, 0.1) is 13.2 Å². The first-order valence-electron chi connectivity index (χ1n) is 15.4. The number of hydrogen-bond acceptors (Lipinski definition) is 5. The van der Waals surface area contributed by atoms with Gasteiger partial charge < -0.3 is 14.2 Å². The Kier molecular flexibility index (Phi) is 13.0. The van der Waals surface area contributed by atoms with Gasteiger partial charge in [-0.2, -0.15) is 0 Å².